The predicted octanol–water partition coefficient (Wildman–Crippen LogP) is 3.70. The summed E-state index contributed by atoms with van der Waals surface area (Å²) in [6.45, 7) is 2.15. The lowest BCUT2D eigenvalue weighted by Crippen LogP contribution is -2.54. The fourth-order valence-corrected chi connectivity index (χ4v) is 4.36. The number of urea groups is 1. The first-order valence-electron chi connectivity index (χ1n) is 10.7. The fraction of sp³-hybridized carbons (Fsp3) is 0.375. The number of anilines is 1. The number of nitrogens with zero attached hydrogens (tertiary/aromatic N) is 1. The molecule has 2 aromatic carbocycles. The standard InChI is InChI=1S/C24H27N3O4/c1-17-7-5-6-14-24(17)22(29)27(23(30)26-24)15-21(28)25-19-10-12-20(13-11-19)31-16-18-8-3-2-4-9-18/h2-4,8-13,17H,5-7,14-16H2,1H3,(H,25,28)(H,26,30)/t17-,24-/m0/s1. The van der Waals surface area contributed by atoms with E-state index in [1.54, 1.807) is 24.3 Å². The van der Waals surface area contributed by atoms with Gasteiger partial charge in [0, 0.05) is 5.69 Å². The average molecular weight is 421 g/mol. The number of hydrogen-bond donors (Lipinski definition) is 2. The number of benzene rings is 2. The minimum atomic E-state index is -0.854. The van der Waals surface area contributed by atoms with Gasteiger partial charge in [-0.05, 0) is 48.6 Å². The maximum atomic E-state index is 13.0. The molecular formula is C24H27N3O4. The van der Waals surface area contributed by atoms with Gasteiger partial charge in [-0.1, -0.05) is 50.1 Å². The number of imide groups is 1. The second kappa shape index (κ2) is 8.79. The summed E-state index contributed by atoms with van der Waals surface area (Å²) in [5, 5.41) is 5.61. The Kier molecular flexibility index (Phi) is 5.93. The SMILES string of the molecule is C[C@H]1CCCC[C@]12NC(=O)N(CC(=O)Nc1ccc(OCc3ccccc3)cc1)C2=O. The summed E-state index contributed by atoms with van der Waals surface area (Å²) in [5.41, 5.74) is 0.788. The minimum absolute atomic E-state index is 0.0641. The zero-order valence-electron chi connectivity index (χ0n) is 17.6. The molecule has 0 radical (unpaired) electrons. The second-order valence-corrected chi connectivity index (χ2v) is 8.29. The van der Waals surface area contributed by atoms with E-state index in [2.05, 4.69) is 10.6 Å². The number of ether oxygens (including phenoxy) is 1. The smallest absolute Gasteiger partial charge is 0.325 e. The van der Waals surface area contributed by atoms with Crippen LogP contribution in [0.2, 0.25) is 0 Å². The Morgan fingerprint density at radius 3 is 2.58 bits per heavy atom. The van der Waals surface area contributed by atoms with E-state index in [0.29, 0.717) is 24.5 Å². The number of nitrogens with one attached hydrogen (secondary N) is 2. The molecule has 31 heavy (non-hydrogen) atoms. The first-order chi connectivity index (χ1) is 15.0. The Hall–Kier alpha value is -3.35. The number of hydrogen-bond acceptors (Lipinski definition) is 4. The van der Waals surface area contributed by atoms with E-state index in [-0.39, 0.29) is 18.4 Å². The van der Waals surface area contributed by atoms with Gasteiger partial charge in [0.2, 0.25) is 5.91 Å². The van der Waals surface area contributed by atoms with Crippen molar-refractivity contribution in [1.82, 2.24) is 10.2 Å². The van der Waals surface area contributed by atoms with Crippen LogP contribution in [0.5, 0.6) is 5.75 Å². The Labute approximate surface area is 181 Å². The van der Waals surface area contributed by atoms with Gasteiger partial charge in [-0.3, -0.25) is 14.5 Å². The van der Waals surface area contributed by atoms with E-state index < -0.39 is 17.5 Å². The van der Waals surface area contributed by atoms with Crippen LogP contribution in [0, 0.1) is 5.92 Å². The molecule has 2 fully saturated rings. The lowest BCUT2D eigenvalue weighted by atomic mass is 9.73. The number of amides is 4. The summed E-state index contributed by atoms with van der Waals surface area (Å²) in [7, 11) is 0. The molecule has 7 heteroatoms. The molecule has 4 rings (SSSR count). The van der Waals surface area contributed by atoms with E-state index in [1.165, 1.54) is 0 Å². The van der Waals surface area contributed by atoms with Crippen molar-refractivity contribution in [3.05, 3.63) is 60.2 Å². The first kappa shape index (κ1) is 20.9. The summed E-state index contributed by atoms with van der Waals surface area (Å²) < 4.78 is 5.74. The number of rotatable bonds is 6. The highest BCUT2D eigenvalue weighted by Crippen LogP contribution is 2.38. The zero-order chi connectivity index (χ0) is 21.8. The van der Waals surface area contributed by atoms with Gasteiger partial charge in [-0.2, -0.15) is 0 Å². The van der Waals surface area contributed by atoms with Crippen molar-refractivity contribution in [2.75, 3.05) is 11.9 Å². The Bertz CT molecular complexity index is 961. The molecule has 0 aromatic heterocycles. The van der Waals surface area contributed by atoms with Crippen molar-refractivity contribution in [3.63, 3.8) is 0 Å². The van der Waals surface area contributed by atoms with Gasteiger partial charge in [0.05, 0.1) is 0 Å². The second-order valence-electron chi connectivity index (χ2n) is 8.29. The van der Waals surface area contributed by atoms with Gasteiger partial charge in [-0.15, -0.1) is 0 Å². The highest BCUT2D eigenvalue weighted by atomic mass is 16.5. The molecule has 1 saturated heterocycles. The number of carbonyl (C=O) groups excluding carboxylic acids is 3. The van der Waals surface area contributed by atoms with Crippen LogP contribution in [-0.4, -0.2) is 34.8 Å². The molecular weight excluding hydrogens is 394 g/mol. The third-order valence-electron chi connectivity index (χ3n) is 6.19. The fourth-order valence-electron chi connectivity index (χ4n) is 4.36. The highest BCUT2D eigenvalue weighted by Gasteiger charge is 2.55. The van der Waals surface area contributed by atoms with Crippen molar-refractivity contribution < 1.29 is 19.1 Å². The Morgan fingerprint density at radius 1 is 1.13 bits per heavy atom. The molecule has 0 unspecified atom stereocenters. The molecule has 1 spiro atoms. The van der Waals surface area contributed by atoms with E-state index in [0.717, 1.165) is 29.7 Å². The molecule has 2 aliphatic rings. The third kappa shape index (κ3) is 4.40. The average Bonchev–Trinajstić information content (AvgIpc) is 3.01. The molecule has 0 bridgehead atoms. The monoisotopic (exact) mass is 421 g/mol. The molecule has 1 aliphatic carbocycles. The van der Waals surface area contributed by atoms with Crippen molar-refractivity contribution in [3.8, 4) is 5.75 Å². The highest BCUT2D eigenvalue weighted by molar-refractivity contribution is 6.10. The van der Waals surface area contributed by atoms with Gasteiger partial charge < -0.3 is 15.4 Å². The lowest BCUT2D eigenvalue weighted by molar-refractivity contribution is -0.136. The van der Waals surface area contributed by atoms with E-state index in [4.69, 9.17) is 4.74 Å². The molecule has 2 N–H and O–H groups in total. The number of carbonyl (C=O) groups is 3. The molecule has 7 nitrogen and oxygen atoms in total. The van der Waals surface area contributed by atoms with Crippen molar-refractivity contribution in [1.29, 1.82) is 0 Å². The van der Waals surface area contributed by atoms with Gasteiger partial charge in [0.15, 0.2) is 0 Å². The summed E-state index contributed by atoms with van der Waals surface area (Å²) in [6.07, 6.45) is 3.47. The summed E-state index contributed by atoms with van der Waals surface area (Å²) in [6, 6.07) is 16.4. The molecule has 162 valence electrons. The third-order valence-corrected chi connectivity index (χ3v) is 6.19. The summed E-state index contributed by atoms with van der Waals surface area (Å²) >= 11 is 0. The van der Waals surface area contributed by atoms with Gasteiger partial charge in [0.1, 0.15) is 24.4 Å². The quantitative estimate of drug-likeness (QED) is 0.696. The van der Waals surface area contributed by atoms with Crippen LogP contribution in [0.1, 0.15) is 38.2 Å². The van der Waals surface area contributed by atoms with Crippen LogP contribution < -0.4 is 15.4 Å². The lowest BCUT2D eigenvalue weighted by Gasteiger charge is -2.36. The molecule has 1 saturated carbocycles. The largest absolute Gasteiger partial charge is 0.489 e. The predicted molar refractivity (Wildman–Crippen MR) is 116 cm³/mol. The van der Waals surface area contributed by atoms with Crippen LogP contribution in [0.15, 0.2) is 54.6 Å². The van der Waals surface area contributed by atoms with Gasteiger partial charge in [0.25, 0.3) is 5.91 Å². The van der Waals surface area contributed by atoms with Crippen LogP contribution >= 0.6 is 0 Å². The van der Waals surface area contributed by atoms with Gasteiger partial charge >= 0.3 is 6.03 Å². The van der Waals surface area contributed by atoms with Crippen LogP contribution in [0.4, 0.5) is 10.5 Å². The minimum Gasteiger partial charge on any atom is -0.489 e. The zero-order valence-corrected chi connectivity index (χ0v) is 17.6. The Balaban J connectivity index is 1.32. The normalized spacial score (nSPS) is 23.0. The summed E-state index contributed by atoms with van der Waals surface area (Å²) in [5.74, 6) is 0.0462. The van der Waals surface area contributed by atoms with E-state index in [1.807, 2.05) is 37.3 Å². The molecule has 1 aliphatic heterocycles. The summed E-state index contributed by atoms with van der Waals surface area (Å²) in [4.78, 5) is 38.9. The van der Waals surface area contributed by atoms with Crippen LogP contribution in [-0.2, 0) is 16.2 Å². The van der Waals surface area contributed by atoms with Crippen LogP contribution in [0.3, 0.4) is 0 Å². The Morgan fingerprint density at radius 2 is 1.87 bits per heavy atom. The first-order valence-corrected chi connectivity index (χ1v) is 10.7. The van der Waals surface area contributed by atoms with Crippen molar-refractivity contribution in [2.24, 2.45) is 5.92 Å². The van der Waals surface area contributed by atoms with Crippen LogP contribution in [0.25, 0.3) is 0 Å². The van der Waals surface area contributed by atoms with E-state index in [9.17, 15) is 14.4 Å². The molecule has 1 heterocycles. The molecule has 4 amide bonds. The van der Waals surface area contributed by atoms with E-state index >= 15 is 0 Å². The van der Waals surface area contributed by atoms with Crippen molar-refractivity contribution in [2.45, 2.75) is 44.8 Å². The molecule has 2 atom stereocenters. The maximum Gasteiger partial charge on any atom is 0.325 e. The van der Waals surface area contributed by atoms with Gasteiger partial charge in [-0.25, -0.2) is 4.79 Å². The maximum absolute atomic E-state index is 13.0. The molecule has 2 aromatic rings. The topological polar surface area (TPSA) is 87.7 Å². The van der Waals surface area contributed by atoms with Crippen molar-refractivity contribution >= 4 is 23.5 Å².